The minimum Gasteiger partial charge on any atom is -0.465 e. The van der Waals surface area contributed by atoms with E-state index in [1.165, 1.54) is 42.7 Å². The Morgan fingerprint density at radius 1 is 1.17 bits per heavy atom. The Morgan fingerprint density at radius 3 is 2.43 bits per heavy atom. The summed E-state index contributed by atoms with van der Waals surface area (Å²) >= 11 is 3.34. The third kappa shape index (κ3) is 4.19. The zero-order valence-electron chi connectivity index (χ0n) is 12.7. The quantitative estimate of drug-likeness (QED) is 0.727. The van der Waals surface area contributed by atoms with Crippen LogP contribution >= 0.6 is 15.9 Å². The highest BCUT2D eigenvalue weighted by Gasteiger charge is 2.22. The van der Waals surface area contributed by atoms with Crippen LogP contribution in [0, 0.1) is 0 Å². The molecular formula is C16H16BrNO4S. The standard InChI is InChI=1S/C16H16BrNO4S/c1-18(11-12-6-8-14(17)9-7-12)23(20,21)15-5-3-4-13(10-15)16(19)22-2/h3-10H,11H2,1-2H3. The van der Waals surface area contributed by atoms with E-state index in [2.05, 4.69) is 20.7 Å². The monoisotopic (exact) mass is 397 g/mol. The fourth-order valence-electron chi connectivity index (χ4n) is 2.01. The molecule has 0 heterocycles. The van der Waals surface area contributed by atoms with Crippen molar-refractivity contribution in [3.8, 4) is 0 Å². The molecule has 2 aromatic rings. The van der Waals surface area contributed by atoms with Gasteiger partial charge in [-0.25, -0.2) is 13.2 Å². The maximum absolute atomic E-state index is 12.6. The van der Waals surface area contributed by atoms with Crippen molar-refractivity contribution in [2.75, 3.05) is 14.2 Å². The van der Waals surface area contributed by atoms with Gasteiger partial charge in [-0.1, -0.05) is 34.1 Å². The second-order valence-corrected chi connectivity index (χ2v) is 7.87. The molecule has 0 atom stereocenters. The van der Waals surface area contributed by atoms with Gasteiger partial charge in [0.2, 0.25) is 10.0 Å². The SMILES string of the molecule is COC(=O)c1cccc(S(=O)(=O)N(C)Cc2ccc(Br)cc2)c1. The Kier molecular flexibility index (Phi) is 5.56. The van der Waals surface area contributed by atoms with Crippen molar-refractivity contribution >= 4 is 31.9 Å². The lowest BCUT2D eigenvalue weighted by Gasteiger charge is -2.17. The molecule has 122 valence electrons. The highest BCUT2D eigenvalue weighted by Crippen LogP contribution is 2.19. The van der Waals surface area contributed by atoms with Gasteiger partial charge in [0.15, 0.2) is 0 Å². The molecule has 0 aliphatic carbocycles. The van der Waals surface area contributed by atoms with Crippen molar-refractivity contribution in [3.63, 3.8) is 0 Å². The van der Waals surface area contributed by atoms with Crippen LogP contribution in [0.25, 0.3) is 0 Å². The van der Waals surface area contributed by atoms with Gasteiger partial charge in [0.25, 0.3) is 0 Å². The molecular weight excluding hydrogens is 382 g/mol. The lowest BCUT2D eigenvalue weighted by Crippen LogP contribution is -2.26. The van der Waals surface area contributed by atoms with Crippen molar-refractivity contribution in [2.24, 2.45) is 0 Å². The van der Waals surface area contributed by atoms with Gasteiger partial charge in [-0.05, 0) is 35.9 Å². The first-order valence-corrected chi connectivity index (χ1v) is 8.97. The highest BCUT2D eigenvalue weighted by molar-refractivity contribution is 9.10. The summed E-state index contributed by atoms with van der Waals surface area (Å²) in [5.41, 5.74) is 1.06. The van der Waals surface area contributed by atoms with Crippen LogP contribution in [0.2, 0.25) is 0 Å². The summed E-state index contributed by atoms with van der Waals surface area (Å²) < 4.78 is 32.1. The second kappa shape index (κ2) is 7.25. The third-order valence-electron chi connectivity index (χ3n) is 3.28. The number of halogens is 1. The molecule has 0 radical (unpaired) electrons. The number of esters is 1. The van der Waals surface area contributed by atoms with E-state index in [0.717, 1.165) is 10.0 Å². The molecule has 2 aromatic carbocycles. The predicted molar refractivity (Wildman–Crippen MR) is 90.6 cm³/mol. The lowest BCUT2D eigenvalue weighted by molar-refractivity contribution is 0.0600. The highest BCUT2D eigenvalue weighted by atomic mass is 79.9. The number of carbonyl (C=O) groups excluding carboxylic acids is 1. The maximum atomic E-state index is 12.6. The van der Waals surface area contributed by atoms with Crippen molar-refractivity contribution in [1.82, 2.24) is 4.31 Å². The largest absolute Gasteiger partial charge is 0.465 e. The average Bonchev–Trinajstić information content (AvgIpc) is 2.56. The second-order valence-electron chi connectivity index (χ2n) is 4.91. The average molecular weight is 398 g/mol. The molecule has 0 amide bonds. The first-order chi connectivity index (χ1) is 10.8. The zero-order valence-corrected chi connectivity index (χ0v) is 15.1. The van der Waals surface area contributed by atoms with Crippen LogP contribution in [0.3, 0.4) is 0 Å². The molecule has 23 heavy (non-hydrogen) atoms. The molecule has 0 saturated heterocycles. The van der Waals surface area contributed by atoms with E-state index < -0.39 is 16.0 Å². The van der Waals surface area contributed by atoms with Gasteiger partial charge in [-0.2, -0.15) is 4.31 Å². The number of hydrogen-bond donors (Lipinski definition) is 0. The predicted octanol–water partition coefficient (Wildman–Crippen LogP) is 3.06. The molecule has 0 aromatic heterocycles. The molecule has 0 saturated carbocycles. The van der Waals surface area contributed by atoms with Crippen molar-refractivity contribution < 1.29 is 17.9 Å². The summed E-state index contributed by atoms with van der Waals surface area (Å²) in [5.74, 6) is -0.572. The first kappa shape index (κ1) is 17.7. The summed E-state index contributed by atoms with van der Waals surface area (Å²) in [6.07, 6.45) is 0. The Labute approximate surface area is 144 Å². The zero-order chi connectivity index (χ0) is 17.0. The molecule has 0 bridgehead atoms. The van der Waals surface area contributed by atoms with E-state index in [1.807, 2.05) is 24.3 Å². The van der Waals surface area contributed by atoms with Gasteiger partial charge in [-0.3, -0.25) is 0 Å². The summed E-state index contributed by atoms with van der Waals surface area (Å²) in [4.78, 5) is 11.6. The summed E-state index contributed by atoms with van der Waals surface area (Å²) in [7, 11) is -0.942. The molecule has 0 N–H and O–H groups in total. The Hall–Kier alpha value is -1.70. The van der Waals surface area contributed by atoms with Gasteiger partial charge in [-0.15, -0.1) is 0 Å². The molecule has 2 rings (SSSR count). The van der Waals surface area contributed by atoms with Crippen molar-refractivity contribution in [3.05, 3.63) is 64.1 Å². The molecule has 7 heteroatoms. The van der Waals surface area contributed by atoms with Crippen LogP contribution in [0.4, 0.5) is 0 Å². The molecule has 5 nitrogen and oxygen atoms in total. The molecule has 0 fully saturated rings. The molecule has 0 unspecified atom stereocenters. The summed E-state index contributed by atoms with van der Waals surface area (Å²) in [5, 5.41) is 0. The van der Waals surface area contributed by atoms with Crippen LogP contribution in [-0.4, -0.2) is 32.8 Å². The Balaban J connectivity index is 2.26. The number of hydrogen-bond acceptors (Lipinski definition) is 4. The number of carbonyl (C=O) groups is 1. The Morgan fingerprint density at radius 2 is 1.83 bits per heavy atom. The van der Waals surface area contributed by atoms with Crippen LogP contribution < -0.4 is 0 Å². The summed E-state index contributed by atoms with van der Waals surface area (Å²) in [6.45, 7) is 0.234. The third-order valence-corrected chi connectivity index (χ3v) is 5.61. The number of benzene rings is 2. The fraction of sp³-hybridized carbons (Fsp3) is 0.188. The van der Waals surface area contributed by atoms with Gasteiger partial charge in [0, 0.05) is 18.1 Å². The molecule has 0 aliphatic heterocycles. The van der Waals surface area contributed by atoms with E-state index in [-0.39, 0.29) is 17.0 Å². The number of nitrogens with zero attached hydrogens (tertiary/aromatic N) is 1. The first-order valence-electron chi connectivity index (χ1n) is 6.74. The van der Waals surface area contributed by atoms with Gasteiger partial charge >= 0.3 is 5.97 Å². The van der Waals surface area contributed by atoms with Crippen molar-refractivity contribution in [2.45, 2.75) is 11.4 Å². The van der Waals surface area contributed by atoms with E-state index in [0.29, 0.717) is 0 Å². The summed E-state index contributed by atoms with van der Waals surface area (Å²) in [6, 6.07) is 13.2. The maximum Gasteiger partial charge on any atom is 0.337 e. The van der Waals surface area contributed by atoms with E-state index >= 15 is 0 Å². The molecule has 0 aliphatic rings. The fourth-order valence-corrected chi connectivity index (χ4v) is 3.48. The smallest absolute Gasteiger partial charge is 0.337 e. The lowest BCUT2D eigenvalue weighted by atomic mass is 10.2. The number of sulfonamides is 1. The number of methoxy groups -OCH3 is 1. The topological polar surface area (TPSA) is 63.7 Å². The van der Waals surface area contributed by atoms with Crippen LogP contribution in [0.1, 0.15) is 15.9 Å². The van der Waals surface area contributed by atoms with E-state index in [9.17, 15) is 13.2 Å². The van der Waals surface area contributed by atoms with Crippen molar-refractivity contribution in [1.29, 1.82) is 0 Å². The van der Waals surface area contributed by atoms with Crippen LogP contribution in [0.15, 0.2) is 57.9 Å². The normalized spacial score (nSPS) is 11.5. The van der Waals surface area contributed by atoms with E-state index in [1.54, 1.807) is 0 Å². The van der Waals surface area contributed by atoms with E-state index in [4.69, 9.17) is 0 Å². The molecule has 0 spiro atoms. The van der Waals surface area contributed by atoms with Crippen LogP contribution in [-0.2, 0) is 21.3 Å². The number of ether oxygens (including phenoxy) is 1. The van der Waals surface area contributed by atoms with Gasteiger partial charge in [0.1, 0.15) is 0 Å². The van der Waals surface area contributed by atoms with Crippen LogP contribution in [0.5, 0.6) is 0 Å². The number of rotatable bonds is 5. The minimum absolute atomic E-state index is 0.0556. The minimum atomic E-state index is -3.70. The van der Waals surface area contributed by atoms with Gasteiger partial charge < -0.3 is 4.74 Å². The van der Waals surface area contributed by atoms with Gasteiger partial charge in [0.05, 0.1) is 17.6 Å². The Bertz CT molecular complexity index is 803.